The van der Waals surface area contributed by atoms with E-state index in [0.29, 0.717) is 38.3 Å². The van der Waals surface area contributed by atoms with Crippen LogP contribution in [-0.2, 0) is 6.61 Å². The van der Waals surface area contributed by atoms with Crippen molar-refractivity contribution in [3.05, 3.63) is 57.7 Å². The molecule has 0 aliphatic heterocycles. The Hall–Kier alpha value is -1.96. The zero-order valence-electron chi connectivity index (χ0n) is 13.4. The van der Waals surface area contributed by atoms with Gasteiger partial charge in [-0.15, -0.1) is 10.2 Å². The first kappa shape index (κ1) is 17.8. The van der Waals surface area contributed by atoms with Gasteiger partial charge in [-0.25, -0.2) is 0 Å². The third kappa shape index (κ3) is 4.36. The third-order valence-electron chi connectivity index (χ3n) is 3.21. The molecule has 0 spiro atoms. The summed E-state index contributed by atoms with van der Waals surface area (Å²) in [4.78, 5) is 0. The first-order chi connectivity index (χ1) is 12.1. The summed E-state index contributed by atoms with van der Waals surface area (Å²) in [6.45, 7) is 2.11. The molecule has 0 fully saturated rings. The predicted molar refractivity (Wildman–Crippen MR) is 99.0 cm³/mol. The molecular formula is C16H14Cl2N4O2S. The molecule has 0 saturated carbocycles. The summed E-state index contributed by atoms with van der Waals surface area (Å²) in [7, 11) is 0. The Morgan fingerprint density at radius 2 is 2.08 bits per heavy atom. The Morgan fingerprint density at radius 1 is 1.24 bits per heavy atom. The molecule has 2 heterocycles. The fourth-order valence-corrected chi connectivity index (χ4v) is 2.74. The van der Waals surface area contributed by atoms with Gasteiger partial charge in [0, 0.05) is 6.07 Å². The summed E-state index contributed by atoms with van der Waals surface area (Å²) in [5, 5.41) is 14.0. The van der Waals surface area contributed by atoms with Crippen molar-refractivity contribution in [1.82, 2.24) is 14.9 Å². The number of hydrogen-bond acceptors (Lipinski definition) is 6. The van der Waals surface area contributed by atoms with E-state index in [0.717, 1.165) is 0 Å². The van der Waals surface area contributed by atoms with Gasteiger partial charge < -0.3 is 9.15 Å². The van der Waals surface area contributed by atoms with Crippen molar-refractivity contribution in [2.45, 2.75) is 18.7 Å². The maximum Gasteiger partial charge on any atom is 0.211 e. The standard InChI is InChI=1S/C16H14Cl2N4O2S/c1-10-20-21-16(25-2)22(10)19-8-12-3-4-13(24-12)9-23-11-5-6-14(17)15(18)7-11/h3-8H,9H2,1-2H3/b19-8+. The molecule has 1 aromatic carbocycles. The number of ether oxygens (including phenoxy) is 1. The molecule has 0 unspecified atom stereocenters. The quantitative estimate of drug-likeness (QED) is 0.447. The minimum Gasteiger partial charge on any atom is -0.486 e. The summed E-state index contributed by atoms with van der Waals surface area (Å²) in [5.74, 6) is 2.59. The highest BCUT2D eigenvalue weighted by atomic mass is 35.5. The Morgan fingerprint density at radius 3 is 2.84 bits per heavy atom. The molecule has 0 atom stereocenters. The molecule has 0 radical (unpaired) electrons. The number of nitrogens with zero attached hydrogens (tertiary/aromatic N) is 4. The van der Waals surface area contributed by atoms with Gasteiger partial charge in [-0.3, -0.25) is 0 Å². The summed E-state index contributed by atoms with van der Waals surface area (Å²) in [6, 6.07) is 8.74. The van der Waals surface area contributed by atoms with Crippen LogP contribution in [-0.4, -0.2) is 27.3 Å². The third-order valence-corrected chi connectivity index (χ3v) is 4.56. The van der Waals surface area contributed by atoms with Gasteiger partial charge >= 0.3 is 0 Å². The van der Waals surface area contributed by atoms with E-state index in [1.165, 1.54) is 11.8 Å². The molecule has 0 amide bonds. The summed E-state index contributed by atoms with van der Waals surface area (Å²) >= 11 is 13.3. The molecule has 0 bridgehead atoms. The van der Waals surface area contributed by atoms with E-state index < -0.39 is 0 Å². The molecule has 0 aliphatic rings. The van der Waals surface area contributed by atoms with Gasteiger partial charge in [0.15, 0.2) is 5.82 Å². The lowest BCUT2D eigenvalue weighted by Gasteiger charge is -2.05. The van der Waals surface area contributed by atoms with Crippen molar-refractivity contribution in [2.75, 3.05) is 6.26 Å². The average molecular weight is 397 g/mol. The minimum atomic E-state index is 0.271. The van der Waals surface area contributed by atoms with Crippen LogP contribution >= 0.6 is 35.0 Å². The lowest BCUT2D eigenvalue weighted by Crippen LogP contribution is -1.95. The number of thioether (sulfide) groups is 1. The molecular weight excluding hydrogens is 383 g/mol. The Balaban J connectivity index is 1.65. The van der Waals surface area contributed by atoms with Gasteiger partial charge in [-0.1, -0.05) is 35.0 Å². The number of halogens is 2. The number of furan rings is 1. The number of aryl methyl sites for hydroxylation is 1. The molecule has 6 nitrogen and oxygen atoms in total. The van der Waals surface area contributed by atoms with Crippen molar-refractivity contribution in [3.63, 3.8) is 0 Å². The monoisotopic (exact) mass is 396 g/mol. The van der Waals surface area contributed by atoms with Crippen LogP contribution in [0.3, 0.4) is 0 Å². The minimum absolute atomic E-state index is 0.271. The van der Waals surface area contributed by atoms with Crippen LogP contribution in [0.2, 0.25) is 10.0 Å². The van der Waals surface area contributed by atoms with Crippen molar-refractivity contribution in [1.29, 1.82) is 0 Å². The fraction of sp³-hybridized carbons (Fsp3) is 0.188. The maximum atomic E-state index is 5.96. The van der Waals surface area contributed by atoms with E-state index >= 15 is 0 Å². The largest absolute Gasteiger partial charge is 0.486 e. The Kier molecular flexibility index (Phi) is 5.67. The molecule has 3 rings (SSSR count). The Labute approximate surface area is 158 Å². The second-order valence-electron chi connectivity index (χ2n) is 4.96. The first-order valence-corrected chi connectivity index (χ1v) is 9.22. The van der Waals surface area contributed by atoms with Crippen molar-refractivity contribution in [2.24, 2.45) is 5.10 Å². The normalized spacial score (nSPS) is 11.4. The second-order valence-corrected chi connectivity index (χ2v) is 6.55. The highest BCUT2D eigenvalue weighted by Crippen LogP contribution is 2.26. The number of rotatable bonds is 6. The second kappa shape index (κ2) is 7.95. The molecule has 9 heteroatoms. The van der Waals surface area contributed by atoms with Gasteiger partial charge in [-0.05, 0) is 37.4 Å². The molecule has 0 saturated heterocycles. The number of hydrogen-bond donors (Lipinski definition) is 0. The molecule has 0 N–H and O–H groups in total. The van der Waals surface area contributed by atoms with Crippen LogP contribution in [0.15, 0.2) is 45.0 Å². The SMILES string of the molecule is CSc1nnc(C)n1/N=C/c1ccc(COc2ccc(Cl)c(Cl)c2)o1. The number of benzene rings is 1. The molecule has 0 aliphatic carbocycles. The van der Waals surface area contributed by atoms with Crippen LogP contribution in [0.25, 0.3) is 0 Å². The molecule has 130 valence electrons. The summed E-state index contributed by atoms with van der Waals surface area (Å²) < 4.78 is 13.0. The van der Waals surface area contributed by atoms with Crippen LogP contribution < -0.4 is 4.74 Å². The lowest BCUT2D eigenvalue weighted by atomic mass is 10.3. The van der Waals surface area contributed by atoms with Gasteiger partial charge in [0.2, 0.25) is 5.16 Å². The molecule has 25 heavy (non-hydrogen) atoms. The number of aromatic nitrogens is 3. The first-order valence-electron chi connectivity index (χ1n) is 7.23. The van der Waals surface area contributed by atoms with Gasteiger partial charge in [-0.2, -0.15) is 9.78 Å². The smallest absolute Gasteiger partial charge is 0.211 e. The van der Waals surface area contributed by atoms with Crippen LogP contribution in [0.5, 0.6) is 5.75 Å². The highest BCUT2D eigenvalue weighted by Gasteiger charge is 2.07. The van der Waals surface area contributed by atoms with Crippen LogP contribution in [0, 0.1) is 6.92 Å². The average Bonchev–Trinajstić information content (AvgIpc) is 3.20. The van der Waals surface area contributed by atoms with Crippen molar-refractivity contribution >= 4 is 41.2 Å². The highest BCUT2D eigenvalue weighted by molar-refractivity contribution is 7.98. The van der Waals surface area contributed by atoms with E-state index in [1.807, 2.05) is 25.3 Å². The summed E-state index contributed by atoms with van der Waals surface area (Å²) in [5.41, 5.74) is 0. The van der Waals surface area contributed by atoms with Gasteiger partial charge in [0.05, 0.1) is 16.3 Å². The van der Waals surface area contributed by atoms with E-state index in [4.69, 9.17) is 32.4 Å². The van der Waals surface area contributed by atoms with Gasteiger partial charge in [0.1, 0.15) is 23.9 Å². The van der Waals surface area contributed by atoms with Crippen LogP contribution in [0.1, 0.15) is 17.3 Å². The molecule has 2 aromatic heterocycles. The molecule has 3 aromatic rings. The zero-order valence-corrected chi connectivity index (χ0v) is 15.8. The maximum absolute atomic E-state index is 5.96. The zero-order chi connectivity index (χ0) is 17.8. The van der Waals surface area contributed by atoms with E-state index in [-0.39, 0.29) is 6.61 Å². The van der Waals surface area contributed by atoms with Crippen LogP contribution in [0.4, 0.5) is 0 Å². The fourth-order valence-electron chi connectivity index (χ4n) is 1.98. The van der Waals surface area contributed by atoms with Crippen molar-refractivity contribution < 1.29 is 9.15 Å². The lowest BCUT2D eigenvalue weighted by molar-refractivity contribution is 0.270. The van der Waals surface area contributed by atoms with E-state index in [9.17, 15) is 0 Å². The summed E-state index contributed by atoms with van der Waals surface area (Å²) in [6.07, 6.45) is 3.53. The van der Waals surface area contributed by atoms with E-state index in [2.05, 4.69) is 15.3 Å². The Bertz CT molecular complexity index is 907. The topological polar surface area (TPSA) is 65.4 Å². The predicted octanol–water partition coefficient (Wildman–Crippen LogP) is 4.67. The van der Waals surface area contributed by atoms with E-state index in [1.54, 1.807) is 29.1 Å². The van der Waals surface area contributed by atoms with Crippen molar-refractivity contribution in [3.8, 4) is 5.75 Å². The van der Waals surface area contributed by atoms with Gasteiger partial charge in [0.25, 0.3) is 0 Å².